The molecule has 0 spiro atoms. The molecule has 0 N–H and O–H groups in total. The monoisotopic (exact) mass is 477 g/mol. The Morgan fingerprint density at radius 2 is 1.82 bits per heavy atom. The molecular weight excluding hydrogens is 450 g/mol. The molecule has 3 aromatic rings. The zero-order valence-electron chi connectivity index (χ0n) is 19.1. The first kappa shape index (κ1) is 25.0. The molecule has 2 aromatic carbocycles. The lowest BCUT2D eigenvalue weighted by Gasteiger charge is -2.19. The predicted octanol–water partition coefficient (Wildman–Crippen LogP) is 3.72. The SMILES string of the molecule is C=CCN(CC=C)C(=O)CSc1nc2cc(C(=O)OC)ccc2c(=O)n1CCc1ccccc1. The Bertz CT molecular complexity index is 1240. The number of nitrogens with zero attached hydrogens (tertiary/aromatic N) is 3. The summed E-state index contributed by atoms with van der Waals surface area (Å²) in [6.45, 7) is 8.60. The molecule has 0 bridgehead atoms. The molecule has 0 unspecified atom stereocenters. The number of carbonyl (C=O) groups is 2. The number of aryl methyl sites for hydroxylation is 1. The Kier molecular flexibility index (Phi) is 8.81. The number of esters is 1. The summed E-state index contributed by atoms with van der Waals surface area (Å²) in [5.41, 5.74) is 1.55. The summed E-state index contributed by atoms with van der Waals surface area (Å²) < 4.78 is 6.38. The molecule has 3 rings (SSSR count). The normalized spacial score (nSPS) is 10.6. The standard InChI is InChI=1S/C26H27N3O4S/c1-4-14-28(15-5-2)23(30)18-34-26-27-22-17-20(25(32)33-3)11-12-21(22)24(31)29(26)16-13-19-9-7-6-8-10-19/h4-12,17H,1-2,13-16,18H2,3H3. The van der Waals surface area contributed by atoms with Crippen LogP contribution in [0.15, 0.2) is 83.8 Å². The molecule has 0 fully saturated rings. The second kappa shape index (κ2) is 12.0. The third kappa shape index (κ3) is 6.02. The fourth-order valence-electron chi connectivity index (χ4n) is 3.45. The Morgan fingerprint density at radius 1 is 1.12 bits per heavy atom. The lowest BCUT2D eigenvalue weighted by Crippen LogP contribution is -2.33. The zero-order valence-corrected chi connectivity index (χ0v) is 19.9. The van der Waals surface area contributed by atoms with E-state index in [1.807, 2.05) is 30.3 Å². The van der Waals surface area contributed by atoms with Crippen molar-refractivity contribution in [1.82, 2.24) is 14.5 Å². The van der Waals surface area contributed by atoms with Crippen molar-refractivity contribution in [3.05, 3.63) is 95.3 Å². The molecule has 0 aliphatic carbocycles. The Balaban J connectivity index is 1.97. The maximum absolute atomic E-state index is 13.4. The van der Waals surface area contributed by atoms with Crippen LogP contribution >= 0.6 is 11.8 Å². The van der Waals surface area contributed by atoms with Crippen LogP contribution in [0.1, 0.15) is 15.9 Å². The van der Waals surface area contributed by atoms with Gasteiger partial charge >= 0.3 is 5.97 Å². The topological polar surface area (TPSA) is 81.5 Å². The van der Waals surface area contributed by atoms with E-state index >= 15 is 0 Å². The lowest BCUT2D eigenvalue weighted by atomic mass is 10.1. The van der Waals surface area contributed by atoms with Crippen LogP contribution in [0, 0.1) is 0 Å². The van der Waals surface area contributed by atoms with Gasteiger partial charge in [0.15, 0.2) is 5.16 Å². The summed E-state index contributed by atoms with van der Waals surface area (Å²) in [6, 6.07) is 14.5. The van der Waals surface area contributed by atoms with Gasteiger partial charge in [-0.3, -0.25) is 14.2 Å². The Hall–Kier alpha value is -3.65. The van der Waals surface area contributed by atoms with Crippen LogP contribution in [0.4, 0.5) is 0 Å². The number of thioether (sulfide) groups is 1. The molecule has 1 heterocycles. The number of aromatic nitrogens is 2. The number of rotatable bonds is 11. The van der Waals surface area contributed by atoms with Crippen molar-refractivity contribution in [2.75, 3.05) is 26.0 Å². The van der Waals surface area contributed by atoms with E-state index in [1.54, 1.807) is 33.8 Å². The molecule has 34 heavy (non-hydrogen) atoms. The molecule has 1 aromatic heterocycles. The predicted molar refractivity (Wildman–Crippen MR) is 135 cm³/mol. The number of hydrogen-bond acceptors (Lipinski definition) is 6. The minimum Gasteiger partial charge on any atom is -0.465 e. The molecule has 0 atom stereocenters. The Labute approximate surface area is 202 Å². The van der Waals surface area contributed by atoms with Gasteiger partial charge in [0.25, 0.3) is 5.56 Å². The minimum atomic E-state index is -0.508. The molecule has 0 saturated carbocycles. The molecule has 0 aliphatic heterocycles. The van der Waals surface area contributed by atoms with Crippen LogP contribution in [-0.2, 0) is 22.5 Å². The van der Waals surface area contributed by atoms with E-state index in [0.717, 1.165) is 5.56 Å². The van der Waals surface area contributed by atoms with Gasteiger partial charge in [-0.15, -0.1) is 13.2 Å². The Morgan fingerprint density at radius 3 is 2.47 bits per heavy atom. The van der Waals surface area contributed by atoms with Crippen molar-refractivity contribution in [2.45, 2.75) is 18.1 Å². The summed E-state index contributed by atoms with van der Waals surface area (Å²) >= 11 is 1.20. The fourth-order valence-corrected chi connectivity index (χ4v) is 4.37. The van der Waals surface area contributed by atoms with Gasteiger partial charge in [-0.1, -0.05) is 54.2 Å². The van der Waals surface area contributed by atoms with Gasteiger partial charge in [-0.2, -0.15) is 0 Å². The molecule has 1 amide bonds. The summed E-state index contributed by atoms with van der Waals surface area (Å²) in [6.07, 6.45) is 3.95. The van der Waals surface area contributed by atoms with Gasteiger partial charge in [0.2, 0.25) is 5.91 Å². The number of benzene rings is 2. The van der Waals surface area contributed by atoms with Crippen LogP contribution < -0.4 is 5.56 Å². The third-order valence-corrected chi connectivity index (χ3v) is 6.15. The van der Waals surface area contributed by atoms with E-state index in [2.05, 4.69) is 18.1 Å². The largest absolute Gasteiger partial charge is 0.465 e. The second-order valence-corrected chi connectivity index (χ2v) is 8.42. The number of amides is 1. The molecule has 0 aliphatic rings. The van der Waals surface area contributed by atoms with Crippen molar-refractivity contribution in [2.24, 2.45) is 0 Å². The summed E-state index contributed by atoms with van der Waals surface area (Å²) in [4.78, 5) is 44.4. The average molecular weight is 478 g/mol. The fraction of sp³-hybridized carbons (Fsp3) is 0.231. The van der Waals surface area contributed by atoms with Crippen molar-refractivity contribution < 1.29 is 14.3 Å². The minimum absolute atomic E-state index is 0.0989. The molecule has 0 saturated heterocycles. The van der Waals surface area contributed by atoms with Crippen molar-refractivity contribution in [1.29, 1.82) is 0 Å². The zero-order chi connectivity index (χ0) is 24.5. The number of fused-ring (bicyclic) bond motifs is 1. The first-order chi connectivity index (χ1) is 16.5. The highest BCUT2D eigenvalue weighted by atomic mass is 32.2. The first-order valence-electron chi connectivity index (χ1n) is 10.8. The van der Waals surface area contributed by atoms with Crippen LogP contribution in [-0.4, -0.2) is 52.3 Å². The van der Waals surface area contributed by atoms with E-state index in [9.17, 15) is 14.4 Å². The lowest BCUT2D eigenvalue weighted by molar-refractivity contribution is -0.127. The van der Waals surface area contributed by atoms with E-state index in [0.29, 0.717) is 47.7 Å². The van der Waals surface area contributed by atoms with Crippen molar-refractivity contribution >= 4 is 34.5 Å². The van der Waals surface area contributed by atoms with Crippen LogP contribution in [0.5, 0.6) is 0 Å². The molecule has 0 radical (unpaired) electrons. The van der Waals surface area contributed by atoms with Crippen LogP contribution in [0.25, 0.3) is 10.9 Å². The molecule has 8 heteroatoms. The highest BCUT2D eigenvalue weighted by molar-refractivity contribution is 7.99. The molecule has 7 nitrogen and oxygen atoms in total. The van der Waals surface area contributed by atoms with E-state index < -0.39 is 5.97 Å². The highest BCUT2D eigenvalue weighted by Gasteiger charge is 2.17. The van der Waals surface area contributed by atoms with Gasteiger partial charge in [-0.25, -0.2) is 9.78 Å². The van der Waals surface area contributed by atoms with Gasteiger partial charge in [0.1, 0.15) is 0 Å². The number of carbonyl (C=O) groups excluding carboxylic acids is 2. The van der Waals surface area contributed by atoms with Crippen LogP contribution in [0.2, 0.25) is 0 Å². The number of hydrogen-bond donors (Lipinski definition) is 0. The molecular formula is C26H27N3O4S. The van der Waals surface area contributed by atoms with E-state index in [-0.39, 0.29) is 17.2 Å². The van der Waals surface area contributed by atoms with Crippen molar-refractivity contribution in [3.8, 4) is 0 Å². The maximum Gasteiger partial charge on any atom is 0.337 e. The first-order valence-corrected chi connectivity index (χ1v) is 11.8. The number of methoxy groups -OCH3 is 1. The van der Waals surface area contributed by atoms with Gasteiger partial charge in [-0.05, 0) is 30.2 Å². The van der Waals surface area contributed by atoms with Crippen LogP contribution in [0.3, 0.4) is 0 Å². The highest BCUT2D eigenvalue weighted by Crippen LogP contribution is 2.20. The average Bonchev–Trinajstić information content (AvgIpc) is 2.86. The van der Waals surface area contributed by atoms with Gasteiger partial charge in [0.05, 0.1) is 29.3 Å². The maximum atomic E-state index is 13.4. The van der Waals surface area contributed by atoms with Gasteiger partial charge in [0, 0.05) is 19.6 Å². The quantitative estimate of drug-likeness (QED) is 0.181. The van der Waals surface area contributed by atoms with Gasteiger partial charge < -0.3 is 9.64 Å². The van der Waals surface area contributed by atoms with E-state index in [1.165, 1.54) is 24.9 Å². The number of ether oxygens (including phenoxy) is 1. The molecule has 176 valence electrons. The second-order valence-electron chi connectivity index (χ2n) is 7.48. The van der Waals surface area contributed by atoms with E-state index in [4.69, 9.17) is 4.74 Å². The van der Waals surface area contributed by atoms with Crippen molar-refractivity contribution in [3.63, 3.8) is 0 Å². The summed E-state index contributed by atoms with van der Waals surface area (Å²) in [5.74, 6) is -0.523. The summed E-state index contributed by atoms with van der Waals surface area (Å²) in [7, 11) is 1.30. The third-order valence-electron chi connectivity index (χ3n) is 5.18. The summed E-state index contributed by atoms with van der Waals surface area (Å²) in [5, 5.41) is 0.817. The smallest absolute Gasteiger partial charge is 0.337 e.